The molecule has 0 bridgehead atoms. The fourth-order valence-corrected chi connectivity index (χ4v) is 3.63. The zero-order valence-electron chi connectivity index (χ0n) is 12.9. The summed E-state index contributed by atoms with van der Waals surface area (Å²) in [6.45, 7) is 5.95. The minimum absolute atomic E-state index is 0.0904. The Balaban J connectivity index is 1.89. The van der Waals surface area contributed by atoms with E-state index in [0.29, 0.717) is 22.5 Å². The Kier molecular flexibility index (Phi) is 5.85. The molecular formula is C15H26N4OS. The third-order valence-corrected chi connectivity index (χ3v) is 5.23. The van der Waals surface area contributed by atoms with Crippen molar-refractivity contribution in [1.29, 1.82) is 0 Å². The number of carbonyl (C=O) groups excluding carboxylic acids is 1. The third-order valence-electron chi connectivity index (χ3n) is 4.20. The molecule has 4 N–H and O–H groups in total. The van der Waals surface area contributed by atoms with Gasteiger partial charge in [0.25, 0.3) is 5.91 Å². The van der Waals surface area contributed by atoms with Gasteiger partial charge in [0.15, 0.2) is 5.13 Å². The van der Waals surface area contributed by atoms with Gasteiger partial charge in [0.2, 0.25) is 0 Å². The van der Waals surface area contributed by atoms with E-state index in [1.165, 1.54) is 37.0 Å². The van der Waals surface area contributed by atoms with Gasteiger partial charge in [-0.25, -0.2) is 4.98 Å². The molecule has 0 aliphatic heterocycles. The van der Waals surface area contributed by atoms with E-state index in [2.05, 4.69) is 29.5 Å². The monoisotopic (exact) mass is 310 g/mol. The van der Waals surface area contributed by atoms with Crippen LogP contribution in [0, 0.1) is 11.8 Å². The van der Waals surface area contributed by atoms with Crippen LogP contribution in [-0.4, -0.2) is 24.0 Å². The van der Waals surface area contributed by atoms with Gasteiger partial charge >= 0.3 is 0 Å². The molecule has 1 aliphatic carbocycles. The first-order chi connectivity index (χ1) is 10.1. The number of rotatable bonds is 6. The smallest absolute Gasteiger partial charge is 0.265 e. The number of nitrogen functional groups attached to an aromatic ring is 1. The Labute approximate surface area is 130 Å². The molecule has 118 valence electrons. The number of anilines is 2. The lowest BCUT2D eigenvalue weighted by atomic mass is 9.80. The predicted molar refractivity (Wildman–Crippen MR) is 88.8 cm³/mol. The van der Waals surface area contributed by atoms with Gasteiger partial charge in [-0.15, -0.1) is 0 Å². The second-order valence-electron chi connectivity index (χ2n) is 5.89. The number of carbonyl (C=O) groups is 1. The van der Waals surface area contributed by atoms with Crippen molar-refractivity contribution >= 4 is 28.2 Å². The second kappa shape index (κ2) is 7.64. The van der Waals surface area contributed by atoms with Crippen LogP contribution in [0.25, 0.3) is 0 Å². The average molecular weight is 310 g/mol. The van der Waals surface area contributed by atoms with Crippen molar-refractivity contribution < 1.29 is 4.79 Å². The lowest BCUT2D eigenvalue weighted by molar-refractivity contribution is 0.0941. The van der Waals surface area contributed by atoms with E-state index in [1.54, 1.807) is 0 Å². The highest BCUT2D eigenvalue weighted by Gasteiger charge is 2.23. The highest BCUT2D eigenvalue weighted by Crippen LogP contribution is 2.29. The first-order valence-electron chi connectivity index (χ1n) is 7.90. The molecule has 5 nitrogen and oxygen atoms in total. The quantitative estimate of drug-likeness (QED) is 0.754. The topological polar surface area (TPSA) is 80.0 Å². The average Bonchev–Trinajstić information content (AvgIpc) is 2.85. The fraction of sp³-hybridized carbons (Fsp3) is 0.733. The summed E-state index contributed by atoms with van der Waals surface area (Å²) in [5.74, 6) is 1.52. The highest BCUT2D eigenvalue weighted by molar-refractivity contribution is 7.18. The Morgan fingerprint density at radius 2 is 2.19 bits per heavy atom. The molecule has 1 heterocycles. The number of nitrogens with one attached hydrogen (secondary N) is 2. The normalized spacial score (nSPS) is 22.0. The molecule has 1 amide bonds. The van der Waals surface area contributed by atoms with Gasteiger partial charge in [-0.3, -0.25) is 4.79 Å². The summed E-state index contributed by atoms with van der Waals surface area (Å²) in [6, 6.07) is 0. The van der Waals surface area contributed by atoms with Crippen LogP contribution in [0.4, 0.5) is 10.9 Å². The third kappa shape index (κ3) is 4.33. The molecule has 1 fully saturated rings. The summed E-state index contributed by atoms with van der Waals surface area (Å²) >= 11 is 1.34. The standard InChI is InChI=1S/C15H26N4OS/c1-3-8-17-15-19-13(16)12(21-15)14(20)18-9-11-7-5-4-6-10(11)2/h10-11H,3-9,16H2,1-2H3,(H,17,19)(H,18,20). The van der Waals surface area contributed by atoms with Crippen molar-refractivity contribution in [2.75, 3.05) is 24.1 Å². The molecule has 1 aromatic heterocycles. The molecule has 6 heteroatoms. The summed E-state index contributed by atoms with van der Waals surface area (Å²) in [5, 5.41) is 6.93. The molecule has 1 saturated carbocycles. The van der Waals surface area contributed by atoms with Crippen LogP contribution in [0.1, 0.15) is 55.6 Å². The second-order valence-corrected chi connectivity index (χ2v) is 6.89. The van der Waals surface area contributed by atoms with Crippen LogP contribution in [0.5, 0.6) is 0 Å². The molecule has 0 aromatic carbocycles. The van der Waals surface area contributed by atoms with E-state index in [-0.39, 0.29) is 5.91 Å². The Morgan fingerprint density at radius 1 is 1.43 bits per heavy atom. The molecule has 21 heavy (non-hydrogen) atoms. The maximum Gasteiger partial charge on any atom is 0.265 e. The lowest BCUT2D eigenvalue weighted by Gasteiger charge is -2.28. The van der Waals surface area contributed by atoms with E-state index in [4.69, 9.17) is 5.73 Å². The molecule has 2 rings (SSSR count). The van der Waals surface area contributed by atoms with E-state index in [0.717, 1.165) is 24.6 Å². The van der Waals surface area contributed by atoms with Gasteiger partial charge in [-0.1, -0.05) is 44.4 Å². The molecular weight excluding hydrogens is 284 g/mol. The lowest BCUT2D eigenvalue weighted by Crippen LogP contribution is -2.33. The van der Waals surface area contributed by atoms with E-state index < -0.39 is 0 Å². The summed E-state index contributed by atoms with van der Waals surface area (Å²) in [7, 11) is 0. The Hall–Kier alpha value is -1.30. The van der Waals surface area contributed by atoms with Crippen LogP contribution >= 0.6 is 11.3 Å². The summed E-state index contributed by atoms with van der Waals surface area (Å²) < 4.78 is 0. The van der Waals surface area contributed by atoms with Crippen LogP contribution in [0.3, 0.4) is 0 Å². The number of hydrogen-bond donors (Lipinski definition) is 3. The van der Waals surface area contributed by atoms with Gasteiger partial charge in [0.1, 0.15) is 10.7 Å². The van der Waals surface area contributed by atoms with Crippen LogP contribution < -0.4 is 16.4 Å². The Morgan fingerprint density at radius 3 is 2.90 bits per heavy atom. The first kappa shape index (κ1) is 16.1. The number of aromatic nitrogens is 1. The SMILES string of the molecule is CCCNc1nc(N)c(C(=O)NCC2CCCCC2C)s1. The van der Waals surface area contributed by atoms with E-state index in [9.17, 15) is 4.79 Å². The van der Waals surface area contributed by atoms with E-state index >= 15 is 0 Å². The number of amides is 1. The zero-order valence-corrected chi connectivity index (χ0v) is 13.8. The van der Waals surface area contributed by atoms with Crippen molar-refractivity contribution in [2.24, 2.45) is 11.8 Å². The fourth-order valence-electron chi connectivity index (χ4n) is 2.80. The molecule has 0 radical (unpaired) electrons. The van der Waals surface area contributed by atoms with E-state index in [1.807, 2.05) is 0 Å². The number of hydrogen-bond acceptors (Lipinski definition) is 5. The molecule has 0 spiro atoms. The van der Waals surface area contributed by atoms with Crippen LogP contribution in [0.2, 0.25) is 0 Å². The van der Waals surface area contributed by atoms with Crippen molar-refractivity contribution in [1.82, 2.24) is 10.3 Å². The maximum absolute atomic E-state index is 12.3. The molecule has 2 unspecified atom stereocenters. The van der Waals surface area contributed by atoms with Gasteiger partial charge in [-0.2, -0.15) is 0 Å². The van der Waals surface area contributed by atoms with Gasteiger partial charge in [0.05, 0.1) is 0 Å². The van der Waals surface area contributed by atoms with Gasteiger partial charge < -0.3 is 16.4 Å². The number of nitrogens with two attached hydrogens (primary N) is 1. The van der Waals surface area contributed by atoms with Crippen molar-refractivity contribution in [3.05, 3.63) is 4.88 Å². The van der Waals surface area contributed by atoms with Gasteiger partial charge in [-0.05, 0) is 24.7 Å². The molecule has 1 aliphatic rings. The van der Waals surface area contributed by atoms with Gasteiger partial charge in [0, 0.05) is 13.1 Å². The minimum Gasteiger partial charge on any atom is -0.382 e. The van der Waals surface area contributed by atoms with Crippen LogP contribution in [0.15, 0.2) is 0 Å². The predicted octanol–water partition coefficient (Wildman–Crippen LogP) is 3.10. The largest absolute Gasteiger partial charge is 0.382 e. The summed E-state index contributed by atoms with van der Waals surface area (Å²) in [6.07, 6.45) is 6.09. The molecule has 0 saturated heterocycles. The minimum atomic E-state index is -0.0904. The number of thiazole rings is 1. The maximum atomic E-state index is 12.3. The molecule has 2 atom stereocenters. The van der Waals surface area contributed by atoms with Crippen molar-refractivity contribution in [3.63, 3.8) is 0 Å². The summed E-state index contributed by atoms with van der Waals surface area (Å²) in [5.41, 5.74) is 5.85. The van der Waals surface area contributed by atoms with Crippen molar-refractivity contribution in [2.45, 2.75) is 46.0 Å². The molecule has 1 aromatic rings. The number of nitrogens with zero attached hydrogens (tertiary/aromatic N) is 1. The first-order valence-corrected chi connectivity index (χ1v) is 8.71. The Bertz CT molecular complexity index is 474. The van der Waals surface area contributed by atoms with Crippen LogP contribution in [-0.2, 0) is 0 Å². The van der Waals surface area contributed by atoms with Crippen molar-refractivity contribution in [3.8, 4) is 0 Å². The zero-order chi connectivity index (χ0) is 15.2. The highest BCUT2D eigenvalue weighted by atomic mass is 32.1. The summed E-state index contributed by atoms with van der Waals surface area (Å²) in [4.78, 5) is 17.0.